The Bertz CT molecular complexity index is 1030. The lowest BCUT2D eigenvalue weighted by molar-refractivity contribution is 0.242. The Hall–Kier alpha value is -3.46. The van der Waals surface area contributed by atoms with Crippen molar-refractivity contribution < 1.29 is 9.47 Å². The number of hydrogen-bond donors (Lipinski definition) is 2. The van der Waals surface area contributed by atoms with Gasteiger partial charge in [-0.3, -0.25) is 5.32 Å². The van der Waals surface area contributed by atoms with Gasteiger partial charge in [-0.1, -0.05) is 31.2 Å². The largest absolute Gasteiger partial charge is 0.493 e. The van der Waals surface area contributed by atoms with E-state index in [-0.39, 0.29) is 12.0 Å². The number of ether oxygens (including phenoxy) is 2. The summed E-state index contributed by atoms with van der Waals surface area (Å²) in [6, 6.07) is 6.11. The van der Waals surface area contributed by atoms with E-state index in [1.165, 1.54) is 11.1 Å². The summed E-state index contributed by atoms with van der Waals surface area (Å²) in [5.41, 5.74) is 4.86. The van der Waals surface area contributed by atoms with E-state index in [0.717, 1.165) is 42.0 Å². The standard InChI is InChI=1S/C23H24N4O2/c1-15(9-19-13-25-23(27-19)26-14-24)16-7-8-21(28-2)22(12-16)29-20-10-17-5-3-4-6-18(17)11-20/h3-5,7-8,11-13,15,20H,6,9-10H2,1-2H3,(H2,25,26,27). The van der Waals surface area contributed by atoms with Gasteiger partial charge in [-0.25, -0.2) is 4.98 Å². The van der Waals surface area contributed by atoms with Crippen LogP contribution in [0.15, 0.2) is 59.8 Å². The van der Waals surface area contributed by atoms with Crippen LogP contribution in [0, 0.1) is 11.5 Å². The molecule has 2 atom stereocenters. The molecular formula is C23H24N4O2. The summed E-state index contributed by atoms with van der Waals surface area (Å²) in [5.74, 6) is 2.22. The minimum absolute atomic E-state index is 0.0304. The lowest BCUT2D eigenvalue weighted by Gasteiger charge is -2.18. The summed E-state index contributed by atoms with van der Waals surface area (Å²) >= 11 is 0. The Balaban J connectivity index is 1.49. The minimum Gasteiger partial charge on any atom is -0.493 e. The maximum absolute atomic E-state index is 8.70. The van der Waals surface area contributed by atoms with E-state index in [1.807, 2.05) is 12.3 Å². The van der Waals surface area contributed by atoms with Gasteiger partial charge in [0.15, 0.2) is 17.7 Å². The summed E-state index contributed by atoms with van der Waals surface area (Å²) in [4.78, 5) is 7.27. The number of nitrogens with zero attached hydrogens (tertiary/aromatic N) is 2. The monoisotopic (exact) mass is 388 g/mol. The number of aromatic amines is 1. The van der Waals surface area contributed by atoms with Crippen molar-refractivity contribution in [2.24, 2.45) is 0 Å². The number of hydrogen-bond acceptors (Lipinski definition) is 5. The van der Waals surface area contributed by atoms with Crippen molar-refractivity contribution in [3.05, 3.63) is 71.1 Å². The summed E-state index contributed by atoms with van der Waals surface area (Å²) in [7, 11) is 1.67. The molecule has 2 aromatic rings. The highest BCUT2D eigenvalue weighted by Crippen LogP contribution is 2.37. The molecule has 2 aliphatic rings. The van der Waals surface area contributed by atoms with Gasteiger partial charge in [-0.2, -0.15) is 5.26 Å². The van der Waals surface area contributed by atoms with E-state index < -0.39 is 0 Å². The van der Waals surface area contributed by atoms with Crippen molar-refractivity contribution >= 4 is 5.95 Å². The third kappa shape index (κ3) is 4.19. The van der Waals surface area contributed by atoms with Gasteiger partial charge in [-0.15, -0.1) is 0 Å². The molecule has 29 heavy (non-hydrogen) atoms. The highest BCUT2D eigenvalue weighted by Gasteiger charge is 2.24. The molecule has 0 amide bonds. The molecule has 0 aliphatic heterocycles. The molecule has 4 rings (SSSR count). The molecule has 1 heterocycles. The normalized spacial score (nSPS) is 18.3. The minimum atomic E-state index is 0.0304. The molecule has 0 bridgehead atoms. The second-order valence-corrected chi connectivity index (χ2v) is 7.39. The summed E-state index contributed by atoms with van der Waals surface area (Å²) in [6.07, 6.45) is 15.0. The van der Waals surface area contributed by atoms with Gasteiger partial charge in [0.2, 0.25) is 5.95 Å². The maximum Gasteiger partial charge on any atom is 0.213 e. The number of rotatable bonds is 7. The van der Waals surface area contributed by atoms with Crippen molar-refractivity contribution in [2.45, 2.75) is 38.2 Å². The number of H-pyrrole nitrogens is 1. The van der Waals surface area contributed by atoms with Gasteiger partial charge >= 0.3 is 0 Å². The van der Waals surface area contributed by atoms with Crippen LogP contribution >= 0.6 is 0 Å². The molecule has 0 saturated carbocycles. The van der Waals surface area contributed by atoms with Gasteiger partial charge in [0.1, 0.15) is 6.10 Å². The SMILES string of the molecule is COc1ccc(C(C)Cc2cnc(NC#N)[nH]2)cc1OC1C=C2CC=CC=C2C1. The van der Waals surface area contributed by atoms with E-state index in [1.54, 1.807) is 13.3 Å². The number of imidazole rings is 1. The smallest absolute Gasteiger partial charge is 0.213 e. The molecule has 0 fully saturated rings. The lowest BCUT2D eigenvalue weighted by Crippen LogP contribution is -2.11. The van der Waals surface area contributed by atoms with Crippen molar-refractivity contribution in [1.29, 1.82) is 5.26 Å². The Labute approximate surface area is 170 Å². The third-order valence-electron chi connectivity index (χ3n) is 5.36. The van der Waals surface area contributed by atoms with E-state index in [0.29, 0.717) is 5.95 Å². The average molecular weight is 388 g/mol. The van der Waals surface area contributed by atoms with Gasteiger partial charge in [0.25, 0.3) is 0 Å². The third-order valence-corrected chi connectivity index (χ3v) is 5.36. The Morgan fingerprint density at radius 3 is 3.03 bits per heavy atom. The molecule has 6 nitrogen and oxygen atoms in total. The highest BCUT2D eigenvalue weighted by molar-refractivity contribution is 5.48. The summed E-state index contributed by atoms with van der Waals surface area (Å²) in [6.45, 7) is 2.16. The van der Waals surface area contributed by atoms with Crippen LogP contribution in [-0.2, 0) is 6.42 Å². The topological polar surface area (TPSA) is 83.0 Å². The zero-order valence-electron chi connectivity index (χ0n) is 16.6. The molecule has 0 saturated heterocycles. The zero-order chi connectivity index (χ0) is 20.2. The molecule has 0 spiro atoms. The molecule has 2 N–H and O–H groups in total. The Kier molecular flexibility index (Phi) is 5.39. The molecule has 2 aliphatic carbocycles. The molecule has 148 valence electrons. The summed E-state index contributed by atoms with van der Waals surface area (Å²) in [5, 5.41) is 11.2. The summed E-state index contributed by atoms with van der Waals surface area (Å²) < 4.78 is 11.9. The molecule has 2 unspecified atom stereocenters. The van der Waals surface area contributed by atoms with Crippen molar-refractivity contribution in [2.75, 3.05) is 12.4 Å². The first kappa shape index (κ1) is 18.9. The Morgan fingerprint density at radius 1 is 1.34 bits per heavy atom. The number of nitrogens with one attached hydrogen (secondary N) is 2. The highest BCUT2D eigenvalue weighted by atomic mass is 16.5. The average Bonchev–Trinajstić information content (AvgIpc) is 3.34. The first-order chi connectivity index (χ1) is 14.2. The van der Waals surface area contributed by atoms with Crippen LogP contribution in [0.2, 0.25) is 0 Å². The maximum atomic E-state index is 8.70. The van der Waals surface area contributed by atoms with Crippen LogP contribution in [0.3, 0.4) is 0 Å². The predicted octanol–water partition coefficient (Wildman–Crippen LogP) is 4.62. The first-order valence-electron chi connectivity index (χ1n) is 9.76. The second kappa shape index (κ2) is 8.27. The fourth-order valence-corrected chi connectivity index (χ4v) is 3.85. The van der Waals surface area contributed by atoms with Gasteiger partial charge in [-0.05, 0) is 53.7 Å². The number of allylic oxidation sites excluding steroid dienone is 4. The molecule has 1 aromatic carbocycles. The fraction of sp³-hybridized carbons (Fsp3) is 0.304. The van der Waals surface area contributed by atoms with E-state index >= 15 is 0 Å². The molecule has 6 heteroatoms. The van der Waals surface area contributed by atoms with Crippen LogP contribution in [0.1, 0.15) is 36.9 Å². The van der Waals surface area contributed by atoms with Crippen molar-refractivity contribution in [3.8, 4) is 17.7 Å². The van der Waals surface area contributed by atoms with Crippen molar-refractivity contribution in [1.82, 2.24) is 9.97 Å². The number of methoxy groups -OCH3 is 1. The number of aromatic nitrogens is 2. The van der Waals surface area contributed by atoms with Crippen molar-refractivity contribution in [3.63, 3.8) is 0 Å². The fourth-order valence-electron chi connectivity index (χ4n) is 3.85. The number of benzene rings is 1. The second-order valence-electron chi connectivity index (χ2n) is 7.39. The van der Waals surface area contributed by atoms with Gasteiger partial charge < -0.3 is 14.5 Å². The molecule has 1 aromatic heterocycles. The van der Waals surface area contributed by atoms with Crippen LogP contribution in [0.5, 0.6) is 11.5 Å². The van der Waals surface area contributed by atoms with Crippen LogP contribution in [0.25, 0.3) is 0 Å². The van der Waals surface area contributed by atoms with E-state index in [2.05, 4.69) is 58.6 Å². The molecule has 0 radical (unpaired) electrons. The van der Waals surface area contributed by atoms with Crippen LogP contribution < -0.4 is 14.8 Å². The number of nitriles is 1. The van der Waals surface area contributed by atoms with E-state index in [9.17, 15) is 0 Å². The van der Waals surface area contributed by atoms with Crippen LogP contribution in [-0.4, -0.2) is 23.2 Å². The number of fused-ring (bicyclic) bond motifs is 1. The lowest BCUT2D eigenvalue weighted by atomic mass is 9.96. The first-order valence-corrected chi connectivity index (χ1v) is 9.76. The van der Waals surface area contributed by atoms with Crippen LogP contribution in [0.4, 0.5) is 5.95 Å². The van der Waals surface area contributed by atoms with Gasteiger partial charge in [0, 0.05) is 12.1 Å². The quantitative estimate of drug-likeness (QED) is 0.534. The Morgan fingerprint density at radius 2 is 2.24 bits per heavy atom. The van der Waals surface area contributed by atoms with Gasteiger partial charge in [0.05, 0.1) is 13.3 Å². The predicted molar refractivity (Wildman–Crippen MR) is 112 cm³/mol. The van der Waals surface area contributed by atoms with E-state index in [4.69, 9.17) is 14.7 Å². The molecular weight excluding hydrogens is 364 g/mol. The number of anilines is 1. The zero-order valence-corrected chi connectivity index (χ0v) is 16.6.